The summed E-state index contributed by atoms with van der Waals surface area (Å²) in [5, 5.41) is 2.10. The van der Waals surface area contributed by atoms with Gasteiger partial charge in [-0.05, 0) is 26.4 Å². The van der Waals surface area contributed by atoms with Crippen molar-refractivity contribution < 1.29 is 0 Å². The van der Waals surface area contributed by atoms with E-state index in [0.717, 1.165) is 43.3 Å². The van der Waals surface area contributed by atoms with Gasteiger partial charge < -0.3 is 15.5 Å². The predicted molar refractivity (Wildman–Crippen MR) is 89.4 cm³/mol. The topological polar surface area (TPSA) is 49.8 Å². The minimum absolute atomic E-state index is 0.207. The highest BCUT2D eigenvalue weighted by Gasteiger charge is 2.22. The van der Waals surface area contributed by atoms with Crippen LogP contribution >= 0.6 is 11.3 Å². The maximum Gasteiger partial charge on any atom is 0.195 e. The van der Waals surface area contributed by atoms with Crippen LogP contribution < -0.4 is 10.6 Å². The first-order chi connectivity index (χ1) is 10.2. The molecular weight excluding hydrogens is 282 g/mol. The number of likely N-dealkylation sites (N-methyl/N-ethyl adjacent to an activating group) is 1. The molecule has 1 saturated heterocycles. The zero-order valence-corrected chi connectivity index (χ0v) is 13.8. The number of nitrogens with two attached hydrogens (primary N) is 1. The van der Waals surface area contributed by atoms with Crippen LogP contribution in [0.25, 0.3) is 4.96 Å². The number of rotatable bonds is 4. The highest BCUT2D eigenvalue weighted by atomic mass is 32.1. The summed E-state index contributed by atoms with van der Waals surface area (Å²) in [4.78, 5) is 10.8. The minimum atomic E-state index is 0.207. The van der Waals surface area contributed by atoms with Gasteiger partial charge >= 0.3 is 0 Å². The summed E-state index contributed by atoms with van der Waals surface area (Å²) >= 11 is 1.70. The van der Waals surface area contributed by atoms with Crippen molar-refractivity contribution in [3.63, 3.8) is 0 Å². The van der Waals surface area contributed by atoms with E-state index in [2.05, 4.69) is 39.7 Å². The first-order valence-corrected chi connectivity index (χ1v) is 8.70. The second kappa shape index (κ2) is 6.34. The van der Waals surface area contributed by atoms with E-state index in [1.807, 2.05) is 0 Å². The number of imidazole rings is 1. The molecule has 0 saturated carbocycles. The fourth-order valence-corrected chi connectivity index (χ4v) is 3.64. The molecule has 5 nitrogen and oxygen atoms in total. The third-order valence-corrected chi connectivity index (χ3v) is 5.10. The monoisotopic (exact) mass is 307 g/mol. The Hall–Kier alpha value is -1.11. The lowest BCUT2D eigenvalue weighted by atomic mass is 10.1. The van der Waals surface area contributed by atoms with Crippen LogP contribution in [0.2, 0.25) is 0 Å². The second-order valence-electron chi connectivity index (χ2n) is 5.95. The summed E-state index contributed by atoms with van der Waals surface area (Å²) in [5.41, 5.74) is 7.49. The van der Waals surface area contributed by atoms with Crippen molar-refractivity contribution in [3.8, 4) is 0 Å². The van der Waals surface area contributed by atoms with Crippen molar-refractivity contribution in [2.24, 2.45) is 5.73 Å². The lowest BCUT2D eigenvalue weighted by Crippen LogP contribution is -2.31. The number of nitrogens with zero attached hydrogens (tertiary/aromatic N) is 4. The van der Waals surface area contributed by atoms with Crippen LogP contribution in [0.3, 0.4) is 0 Å². The van der Waals surface area contributed by atoms with Crippen LogP contribution in [0, 0.1) is 0 Å². The molecule has 0 aliphatic carbocycles. The molecule has 1 atom stereocenters. The summed E-state index contributed by atoms with van der Waals surface area (Å²) in [7, 11) is 2.20. The molecule has 6 heteroatoms. The van der Waals surface area contributed by atoms with Gasteiger partial charge in [0, 0.05) is 43.7 Å². The summed E-state index contributed by atoms with van der Waals surface area (Å²) in [6.07, 6.45) is 5.22. The molecule has 0 spiro atoms. The van der Waals surface area contributed by atoms with Crippen molar-refractivity contribution in [1.82, 2.24) is 14.3 Å². The van der Waals surface area contributed by atoms with Gasteiger partial charge in [-0.1, -0.05) is 6.92 Å². The maximum atomic E-state index is 6.21. The lowest BCUT2D eigenvalue weighted by molar-refractivity contribution is 0.360. The van der Waals surface area contributed by atoms with E-state index in [1.165, 1.54) is 18.7 Å². The highest BCUT2D eigenvalue weighted by Crippen LogP contribution is 2.26. The Balaban J connectivity index is 1.92. The normalized spacial score (nSPS) is 19.1. The smallest absolute Gasteiger partial charge is 0.195 e. The molecule has 2 aromatic heterocycles. The fourth-order valence-electron chi connectivity index (χ4n) is 2.92. The van der Waals surface area contributed by atoms with Crippen LogP contribution in [-0.2, 0) is 6.42 Å². The number of hydrogen-bond donors (Lipinski definition) is 1. The van der Waals surface area contributed by atoms with Crippen molar-refractivity contribution in [2.75, 3.05) is 38.1 Å². The largest absolute Gasteiger partial charge is 0.354 e. The molecule has 2 aromatic rings. The molecule has 1 aliphatic heterocycles. The van der Waals surface area contributed by atoms with Crippen LogP contribution in [-0.4, -0.2) is 53.6 Å². The SMILES string of the molecule is CCC(N)Cc1c(N2CCCN(C)CC2)nc2sccn12. The Bertz CT molecular complexity index is 590. The average molecular weight is 307 g/mol. The number of thiazole rings is 1. The lowest BCUT2D eigenvalue weighted by Gasteiger charge is -2.22. The number of anilines is 1. The van der Waals surface area contributed by atoms with E-state index in [1.54, 1.807) is 11.3 Å². The molecular formula is C15H25N5S. The molecule has 116 valence electrons. The molecule has 0 bridgehead atoms. The third kappa shape index (κ3) is 3.07. The van der Waals surface area contributed by atoms with Crippen LogP contribution in [0.15, 0.2) is 11.6 Å². The molecule has 0 amide bonds. The fraction of sp³-hybridized carbons (Fsp3) is 0.667. The molecule has 0 aromatic carbocycles. The van der Waals surface area contributed by atoms with Gasteiger partial charge in [0.25, 0.3) is 0 Å². The molecule has 0 radical (unpaired) electrons. The van der Waals surface area contributed by atoms with Crippen molar-refractivity contribution in [3.05, 3.63) is 17.3 Å². The van der Waals surface area contributed by atoms with Gasteiger partial charge in [0.05, 0.1) is 5.69 Å². The summed E-state index contributed by atoms with van der Waals surface area (Å²) < 4.78 is 2.23. The quantitative estimate of drug-likeness (QED) is 0.936. The summed E-state index contributed by atoms with van der Waals surface area (Å²) in [6.45, 7) is 6.56. The Morgan fingerprint density at radius 3 is 3.00 bits per heavy atom. The van der Waals surface area contributed by atoms with Crippen molar-refractivity contribution >= 4 is 22.1 Å². The average Bonchev–Trinajstić information content (AvgIpc) is 2.98. The van der Waals surface area contributed by atoms with E-state index < -0.39 is 0 Å². The summed E-state index contributed by atoms with van der Waals surface area (Å²) in [6, 6.07) is 0.207. The van der Waals surface area contributed by atoms with Gasteiger partial charge in [-0.25, -0.2) is 4.98 Å². The molecule has 1 fully saturated rings. The van der Waals surface area contributed by atoms with Gasteiger partial charge in [0.1, 0.15) is 0 Å². The molecule has 3 heterocycles. The molecule has 21 heavy (non-hydrogen) atoms. The standard InChI is InChI=1S/C15H25N5S/c1-3-12(16)11-13-14(17-15-20(13)9-10-21-15)19-6-4-5-18(2)7-8-19/h9-10,12H,3-8,11,16H2,1-2H3. The van der Waals surface area contributed by atoms with Gasteiger partial charge in [0.15, 0.2) is 10.8 Å². The van der Waals surface area contributed by atoms with Gasteiger partial charge in [0.2, 0.25) is 0 Å². The van der Waals surface area contributed by atoms with Crippen molar-refractivity contribution in [2.45, 2.75) is 32.2 Å². The van der Waals surface area contributed by atoms with Gasteiger partial charge in [-0.15, -0.1) is 11.3 Å². The molecule has 1 unspecified atom stereocenters. The Morgan fingerprint density at radius 2 is 2.19 bits per heavy atom. The Kier molecular flexibility index (Phi) is 4.47. The first kappa shape index (κ1) is 14.8. The van der Waals surface area contributed by atoms with Crippen LogP contribution in [0.1, 0.15) is 25.5 Å². The number of aromatic nitrogens is 2. The first-order valence-electron chi connectivity index (χ1n) is 7.82. The number of hydrogen-bond acceptors (Lipinski definition) is 5. The van der Waals surface area contributed by atoms with Crippen LogP contribution in [0.5, 0.6) is 0 Å². The zero-order chi connectivity index (χ0) is 14.8. The highest BCUT2D eigenvalue weighted by molar-refractivity contribution is 7.15. The predicted octanol–water partition coefficient (Wildman–Crippen LogP) is 1.82. The van der Waals surface area contributed by atoms with Gasteiger partial charge in [-0.3, -0.25) is 4.40 Å². The third-order valence-electron chi connectivity index (χ3n) is 4.34. The molecule has 1 aliphatic rings. The maximum absolute atomic E-state index is 6.21. The second-order valence-corrected chi connectivity index (χ2v) is 6.83. The minimum Gasteiger partial charge on any atom is -0.354 e. The van der Waals surface area contributed by atoms with Crippen LogP contribution in [0.4, 0.5) is 5.82 Å². The Morgan fingerprint density at radius 1 is 1.33 bits per heavy atom. The zero-order valence-electron chi connectivity index (χ0n) is 13.0. The van der Waals surface area contributed by atoms with E-state index in [9.17, 15) is 0 Å². The van der Waals surface area contributed by atoms with E-state index in [4.69, 9.17) is 10.7 Å². The molecule has 3 rings (SSSR count). The van der Waals surface area contributed by atoms with E-state index >= 15 is 0 Å². The van der Waals surface area contributed by atoms with E-state index in [0.29, 0.717) is 0 Å². The summed E-state index contributed by atoms with van der Waals surface area (Å²) in [5.74, 6) is 1.15. The number of fused-ring (bicyclic) bond motifs is 1. The molecule has 2 N–H and O–H groups in total. The van der Waals surface area contributed by atoms with Gasteiger partial charge in [-0.2, -0.15) is 0 Å². The van der Waals surface area contributed by atoms with Crippen molar-refractivity contribution in [1.29, 1.82) is 0 Å². The van der Waals surface area contributed by atoms with E-state index in [-0.39, 0.29) is 6.04 Å². The Labute approximate surface area is 130 Å².